The number of amides is 2. The molecule has 0 aromatic heterocycles. The van der Waals surface area contributed by atoms with Crippen LogP contribution in [0.5, 0.6) is 5.75 Å². The normalized spacial score (nSPS) is 11.6. The van der Waals surface area contributed by atoms with Gasteiger partial charge in [0.15, 0.2) is 5.75 Å². The zero-order valence-corrected chi connectivity index (χ0v) is 14.9. The third-order valence-electron chi connectivity index (χ3n) is 3.41. The quantitative estimate of drug-likeness (QED) is 0.668. The lowest BCUT2D eigenvalue weighted by molar-refractivity contribution is -0.119. The first-order valence-electron chi connectivity index (χ1n) is 7.34. The third-order valence-corrected chi connectivity index (χ3v) is 3.91. The monoisotopic (exact) mass is 381 g/mol. The van der Waals surface area contributed by atoms with Crippen molar-refractivity contribution < 1.29 is 14.3 Å². The second-order valence-corrected chi connectivity index (χ2v) is 6.23. The number of carbonyl (C=O) groups is 2. The average molecular weight is 382 g/mol. The highest BCUT2D eigenvalue weighted by Crippen LogP contribution is 2.34. The number of rotatable bonds is 6. The van der Waals surface area contributed by atoms with Crippen molar-refractivity contribution in [3.05, 3.63) is 57.6 Å². The van der Waals surface area contributed by atoms with E-state index in [0.717, 1.165) is 5.56 Å². The van der Waals surface area contributed by atoms with Crippen LogP contribution in [-0.4, -0.2) is 17.9 Å². The van der Waals surface area contributed by atoms with Gasteiger partial charge in [0.1, 0.15) is 12.6 Å². The van der Waals surface area contributed by atoms with E-state index in [9.17, 15) is 9.59 Å². The minimum absolute atomic E-state index is 0.213. The molecule has 0 aliphatic rings. The van der Waals surface area contributed by atoms with Crippen LogP contribution >= 0.6 is 23.2 Å². The second kappa shape index (κ2) is 8.09. The molecule has 1 atom stereocenters. The summed E-state index contributed by atoms with van der Waals surface area (Å²) in [7, 11) is 0. The number of carbonyl (C=O) groups excluding carboxylic acids is 2. The zero-order valence-electron chi connectivity index (χ0n) is 13.4. The summed E-state index contributed by atoms with van der Waals surface area (Å²) in [5.41, 5.74) is 12.5. The highest BCUT2D eigenvalue weighted by molar-refractivity contribution is 6.36. The van der Waals surface area contributed by atoms with E-state index >= 15 is 0 Å². The van der Waals surface area contributed by atoms with Crippen LogP contribution in [-0.2, 0) is 11.4 Å². The summed E-state index contributed by atoms with van der Waals surface area (Å²) < 4.78 is 5.63. The number of hydrogen-bond acceptors (Lipinski definition) is 4. The van der Waals surface area contributed by atoms with Gasteiger partial charge in [-0.15, -0.1) is 0 Å². The van der Waals surface area contributed by atoms with E-state index in [2.05, 4.69) is 5.32 Å². The van der Waals surface area contributed by atoms with Gasteiger partial charge in [-0.3, -0.25) is 9.59 Å². The van der Waals surface area contributed by atoms with E-state index < -0.39 is 11.9 Å². The van der Waals surface area contributed by atoms with Crippen molar-refractivity contribution in [2.45, 2.75) is 19.6 Å². The van der Waals surface area contributed by atoms with Crippen molar-refractivity contribution in [3.8, 4) is 5.75 Å². The lowest BCUT2D eigenvalue weighted by Crippen LogP contribution is -2.42. The second-order valence-electron chi connectivity index (χ2n) is 5.39. The van der Waals surface area contributed by atoms with Crippen LogP contribution in [0, 0.1) is 0 Å². The Morgan fingerprint density at radius 1 is 1.20 bits per heavy atom. The van der Waals surface area contributed by atoms with Gasteiger partial charge in [0.2, 0.25) is 5.91 Å². The summed E-state index contributed by atoms with van der Waals surface area (Å²) in [5, 5.41) is 3.25. The van der Waals surface area contributed by atoms with E-state index in [1.807, 2.05) is 0 Å². The van der Waals surface area contributed by atoms with E-state index in [4.69, 9.17) is 39.4 Å². The smallest absolute Gasteiger partial charge is 0.251 e. The van der Waals surface area contributed by atoms with Crippen LogP contribution in [0.4, 0.5) is 5.69 Å². The molecule has 0 saturated heterocycles. The number of nitrogens with one attached hydrogen (secondary N) is 1. The molecule has 0 fully saturated rings. The molecule has 2 amide bonds. The molecule has 2 aromatic carbocycles. The largest absolute Gasteiger partial charge is 0.485 e. The minimum atomic E-state index is -0.745. The van der Waals surface area contributed by atoms with Crippen molar-refractivity contribution in [3.63, 3.8) is 0 Å². The molecule has 0 unspecified atom stereocenters. The standard InChI is InChI=1S/C17H17Cl2N3O3/c1-9(16(21)23)22-17(24)11-4-2-10(3-5-11)8-25-15-13(19)6-12(18)7-14(15)20/h2-7,9H,8,20H2,1H3,(H2,21,23)(H,22,24)/t9-/m0/s1. The van der Waals surface area contributed by atoms with Gasteiger partial charge in [0.05, 0.1) is 10.7 Å². The molecule has 25 heavy (non-hydrogen) atoms. The lowest BCUT2D eigenvalue weighted by Gasteiger charge is -2.12. The van der Waals surface area contributed by atoms with E-state index in [0.29, 0.717) is 27.0 Å². The number of hydrogen-bond donors (Lipinski definition) is 3. The van der Waals surface area contributed by atoms with Crippen LogP contribution in [0.1, 0.15) is 22.8 Å². The topological polar surface area (TPSA) is 107 Å². The van der Waals surface area contributed by atoms with Crippen molar-refractivity contribution in [2.24, 2.45) is 5.73 Å². The zero-order chi connectivity index (χ0) is 18.6. The predicted octanol–water partition coefficient (Wildman–Crippen LogP) is 2.76. The van der Waals surface area contributed by atoms with Gasteiger partial charge in [-0.2, -0.15) is 0 Å². The predicted molar refractivity (Wildman–Crippen MR) is 97.8 cm³/mol. The summed E-state index contributed by atoms with van der Waals surface area (Å²) in [6.45, 7) is 1.73. The fourth-order valence-electron chi connectivity index (χ4n) is 1.99. The van der Waals surface area contributed by atoms with Crippen LogP contribution in [0.3, 0.4) is 0 Å². The van der Waals surface area contributed by atoms with E-state index in [1.165, 1.54) is 6.92 Å². The molecule has 0 aliphatic heterocycles. The first-order valence-corrected chi connectivity index (χ1v) is 8.10. The van der Waals surface area contributed by atoms with Gasteiger partial charge in [-0.25, -0.2) is 0 Å². The maximum Gasteiger partial charge on any atom is 0.251 e. The Bertz CT molecular complexity index is 771. The van der Waals surface area contributed by atoms with Crippen LogP contribution in [0.2, 0.25) is 10.0 Å². The van der Waals surface area contributed by atoms with Gasteiger partial charge in [-0.1, -0.05) is 35.3 Å². The van der Waals surface area contributed by atoms with Crippen molar-refractivity contribution in [1.29, 1.82) is 0 Å². The van der Waals surface area contributed by atoms with Gasteiger partial charge >= 0.3 is 0 Å². The minimum Gasteiger partial charge on any atom is -0.485 e. The average Bonchev–Trinajstić information content (AvgIpc) is 2.54. The Morgan fingerprint density at radius 3 is 2.40 bits per heavy atom. The summed E-state index contributed by atoms with van der Waals surface area (Å²) in [5.74, 6) is -0.636. The molecule has 0 saturated carbocycles. The number of ether oxygens (including phenoxy) is 1. The number of halogens is 2. The van der Waals surface area contributed by atoms with Gasteiger partial charge < -0.3 is 21.5 Å². The fraction of sp³-hybridized carbons (Fsp3) is 0.176. The first-order chi connectivity index (χ1) is 11.8. The van der Waals surface area contributed by atoms with Crippen molar-refractivity contribution in [2.75, 3.05) is 5.73 Å². The third kappa shape index (κ3) is 5.01. The molecular weight excluding hydrogens is 365 g/mol. The lowest BCUT2D eigenvalue weighted by atomic mass is 10.1. The summed E-state index contributed by atoms with van der Waals surface area (Å²) in [4.78, 5) is 23.0. The van der Waals surface area contributed by atoms with Crippen molar-refractivity contribution >= 4 is 40.7 Å². The molecule has 0 heterocycles. The van der Waals surface area contributed by atoms with E-state index in [1.54, 1.807) is 36.4 Å². The molecule has 2 rings (SSSR count). The van der Waals surface area contributed by atoms with Crippen LogP contribution < -0.4 is 21.5 Å². The number of nitrogens with two attached hydrogens (primary N) is 2. The molecule has 6 nitrogen and oxygen atoms in total. The van der Waals surface area contributed by atoms with Gasteiger partial charge in [-0.05, 0) is 36.8 Å². The summed E-state index contributed by atoms with van der Waals surface area (Å²) in [6, 6.07) is 9.04. The highest BCUT2D eigenvalue weighted by atomic mass is 35.5. The first kappa shape index (κ1) is 18.9. The van der Waals surface area contributed by atoms with E-state index in [-0.39, 0.29) is 12.5 Å². The number of anilines is 1. The number of nitrogen functional groups attached to an aromatic ring is 1. The number of primary amides is 1. The molecule has 0 spiro atoms. The SMILES string of the molecule is C[C@H](NC(=O)c1ccc(COc2c(N)cc(Cl)cc2Cl)cc1)C(N)=O. The molecule has 0 aliphatic carbocycles. The Labute approximate surface area is 155 Å². The van der Waals surface area contributed by atoms with Crippen molar-refractivity contribution in [1.82, 2.24) is 5.32 Å². The maximum absolute atomic E-state index is 12.0. The van der Waals surface area contributed by atoms with Gasteiger partial charge in [0.25, 0.3) is 5.91 Å². The Morgan fingerprint density at radius 2 is 1.84 bits per heavy atom. The molecule has 0 radical (unpaired) electrons. The van der Waals surface area contributed by atoms with Crippen LogP contribution in [0.15, 0.2) is 36.4 Å². The molecule has 8 heteroatoms. The molecule has 0 bridgehead atoms. The molecule has 2 aromatic rings. The maximum atomic E-state index is 12.0. The summed E-state index contributed by atoms with van der Waals surface area (Å²) in [6.07, 6.45) is 0. The Kier molecular flexibility index (Phi) is 6.12. The molecular formula is C17H17Cl2N3O3. The number of benzene rings is 2. The molecule has 132 valence electrons. The Balaban J connectivity index is 2.01. The van der Waals surface area contributed by atoms with Gasteiger partial charge in [0, 0.05) is 10.6 Å². The highest BCUT2D eigenvalue weighted by Gasteiger charge is 2.14. The molecule has 5 N–H and O–H groups in total. The summed E-state index contributed by atoms with van der Waals surface area (Å²) >= 11 is 11.9. The fourth-order valence-corrected chi connectivity index (χ4v) is 2.56. The van der Waals surface area contributed by atoms with Crippen LogP contribution in [0.25, 0.3) is 0 Å². The Hall–Kier alpha value is -2.44.